The molecule has 2 rings (SSSR count). The molecule has 0 aromatic heterocycles. The number of fused-ring (bicyclic) bond motifs is 1. The number of para-hydroxylation sites is 2. The minimum atomic E-state index is -0.611. The SMILES string of the molecule is CCC(Cl)CNC(=O)C1COc2ccccc2O1. The molecular weight excluding hydrogens is 254 g/mol. The molecule has 1 aromatic carbocycles. The van der Waals surface area contributed by atoms with Crippen molar-refractivity contribution >= 4 is 17.5 Å². The molecule has 1 amide bonds. The minimum Gasteiger partial charge on any atom is -0.485 e. The fourth-order valence-corrected chi connectivity index (χ4v) is 1.70. The van der Waals surface area contributed by atoms with Crippen LogP contribution in [0.15, 0.2) is 24.3 Å². The lowest BCUT2D eigenvalue weighted by Gasteiger charge is -2.25. The van der Waals surface area contributed by atoms with Gasteiger partial charge in [-0.25, -0.2) is 0 Å². The highest BCUT2D eigenvalue weighted by atomic mass is 35.5. The molecule has 0 spiro atoms. The summed E-state index contributed by atoms with van der Waals surface area (Å²) in [7, 11) is 0. The summed E-state index contributed by atoms with van der Waals surface area (Å²) in [5.41, 5.74) is 0. The van der Waals surface area contributed by atoms with Crippen LogP contribution in [-0.4, -0.2) is 30.5 Å². The van der Waals surface area contributed by atoms with Crippen molar-refractivity contribution in [3.05, 3.63) is 24.3 Å². The average Bonchev–Trinajstić information content (AvgIpc) is 2.43. The van der Waals surface area contributed by atoms with Gasteiger partial charge in [-0.15, -0.1) is 11.6 Å². The van der Waals surface area contributed by atoms with E-state index >= 15 is 0 Å². The van der Waals surface area contributed by atoms with Gasteiger partial charge in [-0.2, -0.15) is 0 Å². The maximum atomic E-state index is 11.9. The molecule has 0 saturated heterocycles. The van der Waals surface area contributed by atoms with Crippen molar-refractivity contribution in [2.24, 2.45) is 0 Å². The van der Waals surface area contributed by atoms with E-state index in [1.807, 2.05) is 25.1 Å². The Kier molecular flexibility index (Phi) is 4.31. The lowest BCUT2D eigenvalue weighted by Crippen LogP contribution is -2.45. The normalized spacial score (nSPS) is 19.1. The summed E-state index contributed by atoms with van der Waals surface area (Å²) in [6.07, 6.45) is 0.202. The van der Waals surface area contributed by atoms with Gasteiger partial charge in [-0.1, -0.05) is 19.1 Å². The number of alkyl halides is 1. The highest BCUT2D eigenvalue weighted by Crippen LogP contribution is 2.30. The number of hydrogen-bond acceptors (Lipinski definition) is 3. The van der Waals surface area contributed by atoms with Gasteiger partial charge >= 0.3 is 0 Å². The van der Waals surface area contributed by atoms with Crippen molar-refractivity contribution in [3.8, 4) is 11.5 Å². The number of carbonyl (C=O) groups excluding carboxylic acids is 1. The van der Waals surface area contributed by atoms with E-state index in [2.05, 4.69) is 5.32 Å². The maximum Gasteiger partial charge on any atom is 0.264 e. The summed E-state index contributed by atoms with van der Waals surface area (Å²) in [5, 5.41) is 2.71. The van der Waals surface area contributed by atoms with Crippen molar-refractivity contribution in [3.63, 3.8) is 0 Å². The second kappa shape index (κ2) is 5.96. The monoisotopic (exact) mass is 269 g/mol. The summed E-state index contributed by atoms with van der Waals surface area (Å²) in [6, 6.07) is 7.30. The van der Waals surface area contributed by atoms with Crippen LogP contribution in [0, 0.1) is 0 Å². The Balaban J connectivity index is 1.90. The van der Waals surface area contributed by atoms with E-state index < -0.39 is 6.10 Å². The van der Waals surface area contributed by atoms with Crippen LogP contribution in [0.4, 0.5) is 0 Å². The molecule has 5 heteroatoms. The van der Waals surface area contributed by atoms with E-state index in [4.69, 9.17) is 21.1 Å². The molecule has 2 unspecified atom stereocenters. The van der Waals surface area contributed by atoms with E-state index in [-0.39, 0.29) is 17.9 Å². The van der Waals surface area contributed by atoms with E-state index in [0.29, 0.717) is 18.0 Å². The third-order valence-corrected chi connectivity index (χ3v) is 3.20. The second-order valence-electron chi connectivity index (χ2n) is 4.11. The molecule has 2 atom stereocenters. The maximum absolute atomic E-state index is 11.9. The zero-order chi connectivity index (χ0) is 13.0. The summed E-state index contributed by atoms with van der Waals surface area (Å²) in [6.45, 7) is 2.64. The number of carbonyl (C=O) groups is 1. The van der Waals surface area contributed by atoms with Gasteiger partial charge in [0.1, 0.15) is 6.61 Å². The minimum absolute atomic E-state index is 0.0502. The molecule has 0 radical (unpaired) electrons. The molecular formula is C13H16ClNO3. The Hall–Kier alpha value is -1.42. The van der Waals surface area contributed by atoms with Gasteiger partial charge in [0, 0.05) is 6.54 Å². The van der Waals surface area contributed by atoms with E-state index in [0.717, 1.165) is 6.42 Å². The van der Waals surface area contributed by atoms with Crippen LogP contribution < -0.4 is 14.8 Å². The number of ether oxygens (including phenoxy) is 2. The Morgan fingerprint density at radius 1 is 1.50 bits per heavy atom. The fraction of sp³-hybridized carbons (Fsp3) is 0.462. The number of hydrogen-bond donors (Lipinski definition) is 1. The summed E-state index contributed by atoms with van der Waals surface area (Å²) < 4.78 is 11.1. The summed E-state index contributed by atoms with van der Waals surface area (Å²) >= 11 is 5.94. The van der Waals surface area contributed by atoms with E-state index in [9.17, 15) is 4.79 Å². The number of benzene rings is 1. The zero-order valence-corrected chi connectivity index (χ0v) is 10.9. The first kappa shape index (κ1) is 13.0. The predicted octanol–water partition coefficient (Wildman–Crippen LogP) is 1.96. The van der Waals surface area contributed by atoms with E-state index in [1.165, 1.54) is 0 Å². The Labute approximate surface area is 111 Å². The Morgan fingerprint density at radius 2 is 2.22 bits per heavy atom. The van der Waals surface area contributed by atoms with Crippen LogP contribution >= 0.6 is 11.6 Å². The summed E-state index contributed by atoms with van der Waals surface area (Å²) in [4.78, 5) is 11.9. The average molecular weight is 270 g/mol. The molecule has 0 bridgehead atoms. The van der Waals surface area contributed by atoms with Gasteiger partial charge in [0.05, 0.1) is 5.38 Å². The number of amides is 1. The smallest absolute Gasteiger partial charge is 0.264 e. The number of rotatable bonds is 4. The molecule has 1 N–H and O–H groups in total. The zero-order valence-electron chi connectivity index (χ0n) is 10.2. The highest BCUT2D eigenvalue weighted by Gasteiger charge is 2.27. The van der Waals surface area contributed by atoms with Crippen molar-refractivity contribution in [2.45, 2.75) is 24.8 Å². The van der Waals surface area contributed by atoms with Crippen LogP contribution in [-0.2, 0) is 4.79 Å². The van der Waals surface area contributed by atoms with Gasteiger partial charge in [0.25, 0.3) is 5.91 Å². The topological polar surface area (TPSA) is 47.6 Å². The molecule has 98 valence electrons. The molecule has 1 aliphatic rings. The lowest BCUT2D eigenvalue weighted by molar-refractivity contribution is -0.130. The Morgan fingerprint density at radius 3 is 2.94 bits per heavy atom. The van der Waals surface area contributed by atoms with Crippen LogP contribution in [0.1, 0.15) is 13.3 Å². The van der Waals surface area contributed by atoms with Gasteiger partial charge < -0.3 is 14.8 Å². The lowest BCUT2D eigenvalue weighted by atomic mass is 10.2. The summed E-state index contributed by atoms with van der Waals surface area (Å²) in [5.74, 6) is 1.08. The van der Waals surface area contributed by atoms with Gasteiger partial charge in [-0.05, 0) is 18.6 Å². The number of nitrogens with one attached hydrogen (secondary N) is 1. The largest absolute Gasteiger partial charge is 0.485 e. The highest BCUT2D eigenvalue weighted by molar-refractivity contribution is 6.20. The van der Waals surface area contributed by atoms with Gasteiger partial charge in [0.15, 0.2) is 11.5 Å². The third kappa shape index (κ3) is 3.07. The second-order valence-corrected chi connectivity index (χ2v) is 4.73. The molecule has 0 aliphatic carbocycles. The number of halogens is 1. The van der Waals surface area contributed by atoms with Crippen molar-refractivity contribution < 1.29 is 14.3 Å². The molecule has 4 nitrogen and oxygen atoms in total. The van der Waals surface area contributed by atoms with Gasteiger partial charge in [0.2, 0.25) is 6.10 Å². The van der Waals surface area contributed by atoms with Crippen LogP contribution in [0.2, 0.25) is 0 Å². The van der Waals surface area contributed by atoms with Crippen LogP contribution in [0.5, 0.6) is 11.5 Å². The first-order chi connectivity index (χ1) is 8.70. The van der Waals surface area contributed by atoms with Crippen molar-refractivity contribution in [2.75, 3.05) is 13.2 Å². The standard InChI is InChI=1S/C13H16ClNO3/c1-2-9(14)7-15-13(16)12-8-17-10-5-3-4-6-11(10)18-12/h3-6,9,12H,2,7-8H2,1H3,(H,15,16). The first-order valence-corrected chi connectivity index (χ1v) is 6.44. The molecule has 0 fully saturated rings. The first-order valence-electron chi connectivity index (χ1n) is 6.01. The van der Waals surface area contributed by atoms with Crippen LogP contribution in [0.3, 0.4) is 0 Å². The molecule has 18 heavy (non-hydrogen) atoms. The fourth-order valence-electron chi connectivity index (χ4n) is 1.62. The van der Waals surface area contributed by atoms with Crippen LogP contribution in [0.25, 0.3) is 0 Å². The third-order valence-electron chi connectivity index (χ3n) is 2.74. The predicted molar refractivity (Wildman–Crippen MR) is 69.3 cm³/mol. The van der Waals surface area contributed by atoms with Crippen molar-refractivity contribution in [1.82, 2.24) is 5.32 Å². The van der Waals surface area contributed by atoms with Gasteiger partial charge in [-0.3, -0.25) is 4.79 Å². The molecule has 1 heterocycles. The molecule has 1 aliphatic heterocycles. The molecule has 0 saturated carbocycles. The Bertz CT molecular complexity index is 424. The van der Waals surface area contributed by atoms with Crippen molar-refractivity contribution in [1.29, 1.82) is 0 Å². The van der Waals surface area contributed by atoms with E-state index in [1.54, 1.807) is 6.07 Å². The molecule has 1 aromatic rings. The quantitative estimate of drug-likeness (QED) is 0.850.